The van der Waals surface area contributed by atoms with E-state index < -0.39 is 0 Å². The average Bonchev–Trinajstić information content (AvgIpc) is 3.24. The molecule has 0 aliphatic carbocycles. The van der Waals surface area contributed by atoms with Gasteiger partial charge in [-0.3, -0.25) is 9.59 Å². The van der Waals surface area contributed by atoms with Gasteiger partial charge in [0.05, 0.1) is 17.9 Å². The first kappa shape index (κ1) is 17.7. The summed E-state index contributed by atoms with van der Waals surface area (Å²) in [6.07, 6.45) is 6.09. The van der Waals surface area contributed by atoms with Gasteiger partial charge < -0.3 is 14.9 Å². The number of carbonyl (C=O) groups excluding carboxylic acids is 1. The van der Waals surface area contributed by atoms with Gasteiger partial charge in [-0.05, 0) is 18.1 Å². The number of aryl methyl sites for hydroxylation is 1. The van der Waals surface area contributed by atoms with Crippen molar-refractivity contribution in [3.63, 3.8) is 0 Å². The van der Waals surface area contributed by atoms with Crippen LogP contribution >= 0.6 is 0 Å². The highest BCUT2D eigenvalue weighted by atomic mass is 16.2. The maximum atomic E-state index is 13.1. The van der Waals surface area contributed by atoms with E-state index in [2.05, 4.69) is 15.3 Å². The fraction of sp³-hybridized carbons (Fsp3) is 0.136. The van der Waals surface area contributed by atoms with Crippen molar-refractivity contribution in [3.8, 4) is 0 Å². The molecule has 2 aromatic carbocycles. The van der Waals surface area contributed by atoms with Crippen molar-refractivity contribution < 1.29 is 4.79 Å². The summed E-state index contributed by atoms with van der Waals surface area (Å²) in [4.78, 5) is 31.9. The van der Waals surface area contributed by atoms with Gasteiger partial charge in [0, 0.05) is 35.9 Å². The summed E-state index contributed by atoms with van der Waals surface area (Å²) in [6.45, 7) is 0.718. The van der Waals surface area contributed by atoms with E-state index >= 15 is 0 Å². The number of imidazole rings is 1. The number of aromatic amines is 1. The zero-order valence-corrected chi connectivity index (χ0v) is 15.2. The summed E-state index contributed by atoms with van der Waals surface area (Å²) >= 11 is 0. The number of hydrogen-bond donors (Lipinski definition) is 2. The van der Waals surface area contributed by atoms with Gasteiger partial charge in [0.15, 0.2) is 0 Å². The van der Waals surface area contributed by atoms with Crippen LogP contribution < -0.4 is 10.9 Å². The highest BCUT2D eigenvalue weighted by Crippen LogP contribution is 2.20. The predicted molar refractivity (Wildman–Crippen MR) is 108 cm³/mol. The average molecular weight is 372 g/mol. The van der Waals surface area contributed by atoms with Gasteiger partial charge in [0.2, 0.25) is 5.56 Å². The standard InChI is InChI=1S/C22H20N4O2/c27-21-14-18(17-8-4-5-9-20(17)24-21)22(28)25-19(16-6-2-1-3-7-16)10-12-26-13-11-23-15-26/h1-9,11,13-15,19H,10,12H2,(H,24,27)(H,25,28). The first-order valence-electron chi connectivity index (χ1n) is 9.14. The number of nitrogens with zero attached hydrogens (tertiary/aromatic N) is 2. The molecule has 0 bridgehead atoms. The third kappa shape index (κ3) is 3.86. The molecule has 4 rings (SSSR count). The lowest BCUT2D eigenvalue weighted by atomic mass is 10.0. The van der Waals surface area contributed by atoms with Crippen molar-refractivity contribution in [2.45, 2.75) is 19.0 Å². The number of nitrogens with one attached hydrogen (secondary N) is 2. The number of hydrogen-bond acceptors (Lipinski definition) is 3. The summed E-state index contributed by atoms with van der Waals surface area (Å²) < 4.78 is 1.98. The molecule has 0 radical (unpaired) electrons. The van der Waals surface area contributed by atoms with Crippen LogP contribution in [0.1, 0.15) is 28.4 Å². The second-order valence-electron chi connectivity index (χ2n) is 6.62. The van der Waals surface area contributed by atoms with E-state index in [0.29, 0.717) is 17.5 Å². The third-order valence-electron chi connectivity index (χ3n) is 4.74. The molecule has 2 aromatic heterocycles. The number of H-pyrrole nitrogens is 1. The molecule has 1 amide bonds. The second kappa shape index (κ2) is 7.92. The van der Waals surface area contributed by atoms with Crippen LogP contribution in [0.2, 0.25) is 0 Å². The number of para-hydroxylation sites is 1. The number of amides is 1. The molecular formula is C22H20N4O2. The van der Waals surface area contributed by atoms with E-state index in [1.165, 1.54) is 6.07 Å². The Balaban J connectivity index is 1.63. The minimum Gasteiger partial charge on any atom is -0.345 e. The number of benzene rings is 2. The van der Waals surface area contributed by atoms with E-state index in [-0.39, 0.29) is 17.5 Å². The zero-order chi connectivity index (χ0) is 19.3. The highest BCUT2D eigenvalue weighted by Gasteiger charge is 2.18. The van der Waals surface area contributed by atoms with Crippen molar-refractivity contribution in [3.05, 3.63) is 101 Å². The molecule has 6 nitrogen and oxygen atoms in total. The van der Waals surface area contributed by atoms with E-state index in [9.17, 15) is 9.59 Å². The van der Waals surface area contributed by atoms with Crippen LogP contribution in [0.15, 0.2) is 84.2 Å². The van der Waals surface area contributed by atoms with Crippen molar-refractivity contribution >= 4 is 16.8 Å². The highest BCUT2D eigenvalue weighted by molar-refractivity contribution is 6.06. The van der Waals surface area contributed by atoms with E-state index in [1.54, 1.807) is 18.6 Å². The first-order chi connectivity index (χ1) is 13.7. The van der Waals surface area contributed by atoms with Gasteiger partial charge in [-0.15, -0.1) is 0 Å². The van der Waals surface area contributed by atoms with Crippen LogP contribution in [0, 0.1) is 0 Å². The van der Waals surface area contributed by atoms with Crippen molar-refractivity contribution in [1.82, 2.24) is 19.9 Å². The zero-order valence-electron chi connectivity index (χ0n) is 15.2. The van der Waals surface area contributed by atoms with Crippen molar-refractivity contribution in [2.75, 3.05) is 0 Å². The predicted octanol–water partition coefficient (Wildman–Crippen LogP) is 3.29. The number of fused-ring (bicyclic) bond motifs is 1. The lowest BCUT2D eigenvalue weighted by Gasteiger charge is -2.20. The Kier molecular flexibility index (Phi) is 5.01. The minimum atomic E-state index is -0.293. The molecule has 0 saturated carbocycles. The van der Waals surface area contributed by atoms with Crippen LogP contribution in [0.25, 0.3) is 10.9 Å². The van der Waals surface area contributed by atoms with Gasteiger partial charge in [0.25, 0.3) is 5.91 Å². The second-order valence-corrected chi connectivity index (χ2v) is 6.62. The molecule has 1 unspecified atom stereocenters. The maximum absolute atomic E-state index is 13.1. The molecule has 0 aliphatic heterocycles. The molecule has 0 saturated heterocycles. The lowest BCUT2D eigenvalue weighted by molar-refractivity contribution is 0.0935. The fourth-order valence-electron chi connectivity index (χ4n) is 3.33. The summed E-state index contributed by atoms with van der Waals surface area (Å²) in [5.41, 5.74) is 1.75. The Morgan fingerprint density at radius 1 is 1.11 bits per heavy atom. The molecule has 1 atom stereocenters. The number of pyridine rings is 1. The Morgan fingerprint density at radius 3 is 2.68 bits per heavy atom. The Labute approximate surface area is 161 Å². The molecule has 4 aromatic rings. The van der Waals surface area contributed by atoms with Crippen LogP contribution in [-0.4, -0.2) is 20.4 Å². The van der Waals surface area contributed by atoms with E-state index in [1.807, 2.05) is 59.3 Å². The number of aromatic nitrogens is 3. The molecule has 28 heavy (non-hydrogen) atoms. The van der Waals surface area contributed by atoms with Gasteiger partial charge in [-0.1, -0.05) is 48.5 Å². The smallest absolute Gasteiger partial charge is 0.252 e. The summed E-state index contributed by atoms with van der Waals surface area (Å²) in [5.74, 6) is -0.262. The molecule has 2 N–H and O–H groups in total. The normalized spacial score (nSPS) is 12.0. The van der Waals surface area contributed by atoms with E-state index in [0.717, 1.165) is 17.5 Å². The lowest BCUT2D eigenvalue weighted by Crippen LogP contribution is -2.30. The molecular weight excluding hydrogens is 352 g/mol. The Hall–Kier alpha value is -3.67. The molecule has 2 heterocycles. The van der Waals surface area contributed by atoms with E-state index in [4.69, 9.17) is 0 Å². The first-order valence-corrected chi connectivity index (χ1v) is 9.14. The Bertz CT molecular complexity index is 1130. The SMILES string of the molecule is O=C(NC(CCn1ccnc1)c1ccccc1)c1cc(=O)[nH]c2ccccc12. The third-order valence-corrected chi connectivity index (χ3v) is 4.74. The fourth-order valence-corrected chi connectivity index (χ4v) is 3.33. The van der Waals surface area contributed by atoms with Crippen LogP contribution in [0.4, 0.5) is 0 Å². The molecule has 0 aliphatic rings. The summed E-state index contributed by atoms with van der Waals surface area (Å²) in [7, 11) is 0. The largest absolute Gasteiger partial charge is 0.345 e. The summed E-state index contributed by atoms with van der Waals surface area (Å²) in [6, 6.07) is 18.3. The Morgan fingerprint density at radius 2 is 1.89 bits per heavy atom. The van der Waals surface area contributed by atoms with Crippen molar-refractivity contribution in [2.24, 2.45) is 0 Å². The quantitative estimate of drug-likeness (QED) is 0.545. The van der Waals surface area contributed by atoms with Crippen molar-refractivity contribution in [1.29, 1.82) is 0 Å². The maximum Gasteiger partial charge on any atom is 0.252 e. The topological polar surface area (TPSA) is 79.8 Å². The van der Waals surface area contributed by atoms with Gasteiger partial charge in [-0.2, -0.15) is 0 Å². The molecule has 6 heteroatoms. The van der Waals surface area contributed by atoms with Gasteiger partial charge >= 0.3 is 0 Å². The van der Waals surface area contributed by atoms with Gasteiger partial charge in [-0.25, -0.2) is 4.98 Å². The molecule has 0 fully saturated rings. The number of rotatable bonds is 6. The molecule has 0 spiro atoms. The van der Waals surface area contributed by atoms with Crippen LogP contribution in [0.3, 0.4) is 0 Å². The van der Waals surface area contributed by atoms with Gasteiger partial charge in [0.1, 0.15) is 0 Å². The molecule has 140 valence electrons. The number of carbonyl (C=O) groups is 1. The van der Waals surface area contributed by atoms with Crippen LogP contribution in [0.5, 0.6) is 0 Å². The summed E-state index contributed by atoms with van der Waals surface area (Å²) in [5, 5.41) is 3.83. The van der Waals surface area contributed by atoms with Crippen LogP contribution in [-0.2, 0) is 6.54 Å². The monoisotopic (exact) mass is 372 g/mol. The minimum absolute atomic E-state index is 0.186.